The molecule has 1 fully saturated rings. The van der Waals surface area contributed by atoms with Crippen molar-refractivity contribution >= 4 is 18.3 Å². The molecule has 1 rings (SSSR count). The Hall–Kier alpha value is -0.360. The van der Waals surface area contributed by atoms with Crippen LogP contribution in [0.2, 0.25) is 0 Å². The van der Waals surface area contributed by atoms with Crippen molar-refractivity contribution in [3.63, 3.8) is 0 Å². The smallest absolute Gasteiger partial charge is 0.241 e. The second kappa shape index (κ2) is 7.59. The van der Waals surface area contributed by atoms with Gasteiger partial charge >= 0.3 is 0 Å². The molecule has 20 heavy (non-hydrogen) atoms. The number of ether oxygens (including phenoxy) is 2. The lowest BCUT2D eigenvalue weighted by Gasteiger charge is -2.57. The highest BCUT2D eigenvalue weighted by Gasteiger charge is 2.62. The molecule has 0 aromatic rings. The van der Waals surface area contributed by atoms with Crippen molar-refractivity contribution in [1.82, 2.24) is 5.32 Å². The third kappa shape index (κ3) is 3.64. The predicted molar refractivity (Wildman–Crippen MR) is 82.1 cm³/mol. The standard InChI is InChI=1S/C14H28N2O3.ClH/c1-6-19-11-9-14(15,13(11,3)4)12(17)16-10(2)7-8-18-5;/h10-11H,6-9,15H2,1-5H3,(H,16,17);1H. The van der Waals surface area contributed by atoms with Crippen molar-refractivity contribution in [3.05, 3.63) is 0 Å². The van der Waals surface area contributed by atoms with E-state index < -0.39 is 5.54 Å². The van der Waals surface area contributed by atoms with Gasteiger partial charge in [-0.3, -0.25) is 4.79 Å². The third-order valence-electron chi connectivity index (χ3n) is 4.37. The van der Waals surface area contributed by atoms with Gasteiger partial charge in [-0.2, -0.15) is 0 Å². The van der Waals surface area contributed by atoms with E-state index in [2.05, 4.69) is 5.32 Å². The van der Waals surface area contributed by atoms with E-state index in [9.17, 15) is 4.79 Å². The summed E-state index contributed by atoms with van der Waals surface area (Å²) in [6, 6.07) is 0.0646. The molecule has 0 saturated heterocycles. The van der Waals surface area contributed by atoms with E-state index in [1.54, 1.807) is 7.11 Å². The van der Waals surface area contributed by atoms with Crippen LogP contribution in [0.5, 0.6) is 0 Å². The molecule has 1 aliphatic rings. The van der Waals surface area contributed by atoms with E-state index in [-0.39, 0.29) is 35.9 Å². The summed E-state index contributed by atoms with van der Waals surface area (Å²) in [6.45, 7) is 9.19. The summed E-state index contributed by atoms with van der Waals surface area (Å²) >= 11 is 0. The fraction of sp³-hybridized carbons (Fsp3) is 0.929. The summed E-state index contributed by atoms with van der Waals surface area (Å²) in [5.74, 6) is -0.0861. The first-order valence-electron chi connectivity index (χ1n) is 7.00. The molecular formula is C14H29ClN2O3. The Morgan fingerprint density at radius 1 is 1.50 bits per heavy atom. The zero-order chi connectivity index (χ0) is 14.7. The van der Waals surface area contributed by atoms with Crippen molar-refractivity contribution in [2.45, 2.75) is 58.2 Å². The highest BCUT2D eigenvalue weighted by atomic mass is 35.5. The summed E-state index contributed by atoms with van der Waals surface area (Å²) < 4.78 is 10.6. The molecule has 3 unspecified atom stereocenters. The van der Waals surface area contributed by atoms with Gasteiger partial charge in [-0.25, -0.2) is 0 Å². The molecule has 120 valence electrons. The van der Waals surface area contributed by atoms with Crippen molar-refractivity contribution < 1.29 is 14.3 Å². The average molecular weight is 309 g/mol. The van der Waals surface area contributed by atoms with Crippen LogP contribution in [0.15, 0.2) is 0 Å². The van der Waals surface area contributed by atoms with Crippen molar-refractivity contribution in [2.24, 2.45) is 11.1 Å². The number of nitrogens with one attached hydrogen (secondary N) is 1. The van der Waals surface area contributed by atoms with E-state index in [0.29, 0.717) is 19.6 Å². The Morgan fingerprint density at radius 2 is 2.10 bits per heavy atom. The number of carbonyl (C=O) groups is 1. The lowest BCUT2D eigenvalue weighted by Crippen LogP contribution is -2.76. The second-order valence-electron chi connectivity index (χ2n) is 6.00. The highest BCUT2D eigenvalue weighted by Crippen LogP contribution is 2.49. The number of hydrogen-bond donors (Lipinski definition) is 2. The summed E-state index contributed by atoms with van der Waals surface area (Å²) in [5, 5.41) is 2.98. The first-order chi connectivity index (χ1) is 8.79. The molecule has 0 bridgehead atoms. The quantitative estimate of drug-likeness (QED) is 0.747. The Bertz CT molecular complexity index is 326. The zero-order valence-electron chi connectivity index (χ0n) is 13.2. The number of methoxy groups -OCH3 is 1. The Kier molecular flexibility index (Phi) is 7.46. The van der Waals surface area contributed by atoms with Crippen molar-refractivity contribution in [2.75, 3.05) is 20.3 Å². The molecule has 3 N–H and O–H groups in total. The monoisotopic (exact) mass is 308 g/mol. The van der Waals surface area contributed by atoms with E-state index in [1.165, 1.54) is 0 Å². The molecule has 5 nitrogen and oxygen atoms in total. The predicted octanol–water partition coefficient (Wildman–Crippen LogP) is 1.48. The number of nitrogens with two attached hydrogens (primary N) is 1. The largest absolute Gasteiger partial charge is 0.385 e. The number of halogens is 1. The van der Waals surface area contributed by atoms with Crippen LogP contribution in [0.1, 0.15) is 40.5 Å². The van der Waals surface area contributed by atoms with Crippen LogP contribution in [0.25, 0.3) is 0 Å². The molecule has 0 heterocycles. The second-order valence-corrected chi connectivity index (χ2v) is 6.00. The molecule has 3 atom stereocenters. The minimum atomic E-state index is -0.839. The van der Waals surface area contributed by atoms with Gasteiger partial charge in [0.2, 0.25) is 5.91 Å². The van der Waals surface area contributed by atoms with Gasteiger partial charge in [-0.05, 0) is 20.3 Å². The van der Waals surface area contributed by atoms with Crippen LogP contribution in [0.4, 0.5) is 0 Å². The van der Waals surface area contributed by atoms with Gasteiger partial charge in [0.15, 0.2) is 0 Å². The first-order valence-corrected chi connectivity index (χ1v) is 7.00. The number of hydrogen-bond acceptors (Lipinski definition) is 4. The van der Waals surface area contributed by atoms with E-state index in [1.807, 2.05) is 27.7 Å². The van der Waals surface area contributed by atoms with Gasteiger partial charge in [-0.15, -0.1) is 12.4 Å². The van der Waals surface area contributed by atoms with E-state index in [0.717, 1.165) is 6.42 Å². The number of rotatable bonds is 7. The maximum Gasteiger partial charge on any atom is 0.241 e. The summed E-state index contributed by atoms with van der Waals surface area (Å²) in [4.78, 5) is 12.4. The van der Waals surface area contributed by atoms with Gasteiger partial charge in [0, 0.05) is 38.2 Å². The number of carbonyl (C=O) groups excluding carboxylic acids is 1. The molecule has 1 aliphatic carbocycles. The van der Waals surface area contributed by atoms with Crippen LogP contribution < -0.4 is 11.1 Å². The third-order valence-corrected chi connectivity index (χ3v) is 4.37. The maximum atomic E-state index is 12.4. The zero-order valence-corrected chi connectivity index (χ0v) is 14.0. The Morgan fingerprint density at radius 3 is 2.55 bits per heavy atom. The SMILES string of the molecule is CCOC1CC(N)(C(=O)NC(C)CCOC)C1(C)C.Cl. The van der Waals surface area contributed by atoms with Gasteiger partial charge < -0.3 is 20.5 Å². The van der Waals surface area contributed by atoms with Crippen LogP contribution >= 0.6 is 12.4 Å². The van der Waals surface area contributed by atoms with Crippen molar-refractivity contribution in [1.29, 1.82) is 0 Å². The molecular weight excluding hydrogens is 280 g/mol. The topological polar surface area (TPSA) is 73.6 Å². The van der Waals surface area contributed by atoms with Crippen LogP contribution in [0.3, 0.4) is 0 Å². The molecule has 1 amide bonds. The molecule has 0 aromatic carbocycles. The molecule has 6 heteroatoms. The molecule has 1 saturated carbocycles. The highest BCUT2D eigenvalue weighted by molar-refractivity contribution is 5.89. The van der Waals surface area contributed by atoms with Crippen LogP contribution in [-0.4, -0.2) is 43.9 Å². The Balaban J connectivity index is 0.00000361. The van der Waals surface area contributed by atoms with Crippen LogP contribution in [-0.2, 0) is 14.3 Å². The molecule has 0 aromatic heterocycles. The lowest BCUT2D eigenvalue weighted by molar-refractivity contribution is -0.171. The van der Waals surface area contributed by atoms with Gasteiger partial charge in [0.05, 0.1) is 6.10 Å². The normalized spacial score (nSPS) is 29.0. The fourth-order valence-electron chi connectivity index (χ4n) is 2.54. The number of amides is 1. The summed E-state index contributed by atoms with van der Waals surface area (Å²) in [6.07, 6.45) is 1.42. The van der Waals surface area contributed by atoms with Gasteiger partial charge in [-0.1, -0.05) is 13.8 Å². The van der Waals surface area contributed by atoms with Crippen LogP contribution in [0, 0.1) is 5.41 Å². The molecule has 0 spiro atoms. The van der Waals surface area contributed by atoms with Gasteiger partial charge in [0.25, 0.3) is 0 Å². The average Bonchev–Trinajstić information content (AvgIpc) is 2.35. The molecule has 0 aliphatic heterocycles. The van der Waals surface area contributed by atoms with E-state index in [4.69, 9.17) is 15.2 Å². The lowest BCUT2D eigenvalue weighted by atomic mass is 9.54. The first kappa shape index (κ1) is 19.6. The van der Waals surface area contributed by atoms with Crippen molar-refractivity contribution in [3.8, 4) is 0 Å². The Labute approximate surface area is 128 Å². The van der Waals surface area contributed by atoms with Gasteiger partial charge in [0.1, 0.15) is 5.54 Å². The maximum absolute atomic E-state index is 12.4. The van der Waals surface area contributed by atoms with E-state index >= 15 is 0 Å². The fourth-order valence-corrected chi connectivity index (χ4v) is 2.54. The molecule has 0 radical (unpaired) electrons. The minimum absolute atomic E-state index is 0. The minimum Gasteiger partial charge on any atom is -0.385 e. The summed E-state index contributed by atoms with van der Waals surface area (Å²) in [7, 11) is 1.65. The summed E-state index contributed by atoms with van der Waals surface area (Å²) in [5.41, 5.74) is 5.12.